The molecule has 1 aromatic rings. The summed E-state index contributed by atoms with van der Waals surface area (Å²) in [5.41, 5.74) is 2.79. The molecule has 0 amide bonds. The van der Waals surface area contributed by atoms with Crippen LogP contribution in [-0.2, 0) is 47.2 Å². The van der Waals surface area contributed by atoms with Crippen LogP contribution in [0.3, 0.4) is 0 Å². The Hall–Kier alpha value is -0.0610. The van der Waals surface area contributed by atoms with Gasteiger partial charge >= 0.3 is 34.1 Å². The maximum absolute atomic E-state index is 4.75. The molecule has 0 spiro atoms. The first-order valence-electron chi connectivity index (χ1n) is 14.4. The fourth-order valence-electron chi connectivity index (χ4n) is 4.69. The normalized spacial score (nSPS) is 21.7. The van der Waals surface area contributed by atoms with Crippen molar-refractivity contribution in [3.05, 3.63) is 56.7 Å². The van der Waals surface area contributed by atoms with Gasteiger partial charge in [0.25, 0.3) is 0 Å². The van der Waals surface area contributed by atoms with Gasteiger partial charge in [-0.15, -0.1) is 52.4 Å². The van der Waals surface area contributed by atoms with Crippen LogP contribution >= 0.6 is 0 Å². The molecule has 0 unspecified atom stereocenters. The minimum absolute atomic E-state index is 0. The van der Waals surface area contributed by atoms with E-state index >= 15 is 0 Å². The summed E-state index contributed by atoms with van der Waals surface area (Å²) in [6.45, 7) is 17.9. The minimum atomic E-state index is 0. The Morgan fingerprint density at radius 2 is 0.868 bits per heavy atom. The van der Waals surface area contributed by atoms with E-state index in [9.17, 15) is 0 Å². The molecule has 1 aromatic carbocycles. The van der Waals surface area contributed by atoms with E-state index < -0.39 is 0 Å². The first-order valence-corrected chi connectivity index (χ1v) is 14.4. The molecule has 0 atom stereocenters. The number of benzene rings is 1. The molecule has 224 valence electrons. The summed E-state index contributed by atoms with van der Waals surface area (Å²) in [5, 5.41) is 25.8. The fourth-order valence-corrected chi connectivity index (χ4v) is 4.69. The summed E-state index contributed by atoms with van der Waals surface area (Å²) in [7, 11) is 0. The molecule has 2 saturated heterocycles. The van der Waals surface area contributed by atoms with Gasteiger partial charge in [0.05, 0.1) is 0 Å². The summed E-state index contributed by atoms with van der Waals surface area (Å²) in [6, 6.07) is 9.30. The molecule has 2 heterocycles. The van der Waals surface area contributed by atoms with E-state index in [0.717, 1.165) is 143 Å². The molecule has 0 bridgehead atoms. The maximum Gasteiger partial charge on any atom is 2.00 e. The van der Waals surface area contributed by atoms with Crippen LogP contribution in [0.2, 0.25) is 0 Å². The van der Waals surface area contributed by atoms with Gasteiger partial charge in [-0.3, -0.25) is 0 Å². The molecule has 0 aromatic heterocycles. The Morgan fingerprint density at radius 1 is 0.474 bits per heavy atom. The van der Waals surface area contributed by atoms with Crippen molar-refractivity contribution in [3.63, 3.8) is 0 Å². The monoisotopic (exact) mass is 624 g/mol. The topological polar surface area (TPSA) is 86.9 Å². The third-order valence-corrected chi connectivity index (χ3v) is 6.80. The van der Waals surface area contributed by atoms with Crippen LogP contribution in [-0.4, -0.2) is 115 Å². The van der Waals surface area contributed by atoms with Crippen molar-refractivity contribution in [2.24, 2.45) is 0 Å². The number of hydrogen-bond acceptors (Lipinski definition) is 4. The molecular formula is C28H50Cu2N8. The molecular weight excluding hydrogens is 575 g/mol. The fraction of sp³-hybridized carbons (Fsp3) is 0.786. The zero-order chi connectivity index (χ0) is 24.9. The van der Waals surface area contributed by atoms with Crippen LogP contribution in [0.15, 0.2) is 24.3 Å². The van der Waals surface area contributed by atoms with E-state index in [4.69, 9.17) is 10.6 Å². The van der Waals surface area contributed by atoms with Crippen molar-refractivity contribution in [1.29, 1.82) is 0 Å². The molecule has 2 aliphatic heterocycles. The molecule has 0 saturated carbocycles. The van der Waals surface area contributed by atoms with Crippen LogP contribution in [0.5, 0.6) is 0 Å². The molecule has 0 aliphatic carbocycles. The molecule has 10 heteroatoms. The predicted molar refractivity (Wildman–Crippen MR) is 154 cm³/mol. The van der Waals surface area contributed by atoms with Gasteiger partial charge in [0.2, 0.25) is 0 Å². The van der Waals surface area contributed by atoms with Crippen molar-refractivity contribution >= 4 is 0 Å². The molecule has 8 nitrogen and oxygen atoms in total. The number of nitrogens with one attached hydrogen (secondary N) is 2. The maximum atomic E-state index is 4.75. The van der Waals surface area contributed by atoms with Crippen LogP contribution in [0.1, 0.15) is 36.8 Å². The second-order valence-corrected chi connectivity index (χ2v) is 9.97. The Balaban J connectivity index is 0.00000361. The third kappa shape index (κ3) is 17.6. The molecule has 3 rings (SSSR count). The smallest absolute Gasteiger partial charge is 0.661 e. The molecule has 2 radical (unpaired) electrons. The molecule has 38 heavy (non-hydrogen) atoms. The van der Waals surface area contributed by atoms with Crippen LogP contribution < -0.4 is 10.6 Å². The zero-order valence-electron chi connectivity index (χ0n) is 23.2. The third-order valence-electron chi connectivity index (χ3n) is 6.80. The average molecular weight is 626 g/mol. The molecule has 2 aliphatic rings. The van der Waals surface area contributed by atoms with Crippen molar-refractivity contribution in [2.75, 3.05) is 105 Å². The van der Waals surface area contributed by atoms with E-state index in [1.807, 2.05) is 0 Å². The first kappa shape index (κ1) is 36.0. The van der Waals surface area contributed by atoms with Gasteiger partial charge < -0.3 is 41.7 Å². The van der Waals surface area contributed by atoms with E-state index in [0.29, 0.717) is 0 Å². The van der Waals surface area contributed by atoms with Gasteiger partial charge in [0.15, 0.2) is 0 Å². The summed E-state index contributed by atoms with van der Waals surface area (Å²) < 4.78 is 0. The van der Waals surface area contributed by atoms with Gasteiger partial charge in [0.1, 0.15) is 0 Å². The van der Waals surface area contributed by atoms with Gasteiger partial charge in [-0.1, -0.05) is 49.9 Å². The SMILES string of the molecule is [Cu+2].[Cu+2].c1cc(CN2CCC[N-]CCNCCC[N-]CC2)ccc1CN1CCC[N-]CCNCCC[N-]CC1. The second-order valence-electron chi connectivity index (χ2n) is 9.97. The van der Waals surface area contributed by atoms with Gasteiger partial charge in [-0.25, -0.2) is 0 Å². The largest absolute Gasteiger partial charge is 2.00 e. The van der Waals surface area contributed by atoms with Crippen molar-refractivity contribution in [1.82, 2.24) is 20.4 Å². The standard InChI is InChI=1S/C28H50N8.2Cu/c1-9-29-15-17-31-13-3-21-35(23-19-33-11-1)25-27-5-7-28(8-6-27)26-36-22-4-14-32-18-16-30-10-2-12-34-20-24-36;;/h5-8,29-30H,1-4,9-26H2;;/q-4;2*+2. The predicted octanol–water partition coefficient (Wildman–Crippen LogP) is 3.55. The van der Waals surface area contributed by atoms with Crippen molar-refractivity contribution in [3.8, 4) is 0 Å². The van der Waals surface area contributed by atoms with Gasteiger partial charge in [0, 0.05) is 13.1 Å². The Bertz CT molecular complexity index is 569. The van der Waals surface area contributed by atoms with E-state index in [1.165, 1.54) is 11.1 Å². The summed E-state index contributed by atoms with van der Waals surface area (Å²) in [5.74, 6) is 0. The zero-order valence-corrected chi connectivity index (χ0v) is 25.0. The Morgan fingerprint density at radius 3 is 1.32 bits per heavy atom. The first-order chi connectivity index (χ1) is 17.9. The molecule has 2 N–H and O–H groups in total. The average Bonchev–Trinajstić information content (AvgIpc) is 2.89. The van der Waals surface area contributed by atoms with Gasteiger partial charge in [-0.05, 0) is 63.5 Å². The quantitative estimate of drug-likeness (QED) is 0.502. The number of nitrogens with zero attached hydrogens (tertiary/aromatic N) is 6. The Kier molecular flexibility index (Phi) is 23.4. The van der Waals surface area contributed by atoms with Crippen LogP contribution in [0.25, 0.3) is 21.3 Å². The molecule has 2 fully saturated rings. The summed E-state index contributed by atoms with van der Waals surface area (Å²) in [6.07, 6.45) is 4.50. The number of rotatable bonds is 4. The number of hydrogen-bond donors (Lipinski definition) is 2. The van der Waals surface area contributed by atoms with Crippen LogP contribution in [0, 0.1) is 0 Å². The van der Waals surface area contributed by atoms with E-state index in [1.54, 1.807) is 0 Å². The van der Waals surface area contributed by atoms with Crippen LogP contribution in [0.4, 0.5) is 0 Å². The Labute approximate surface area is 253 Å². The van der Waals surface area contributed by atoms with Crippen molar-refractivity contribution < 1.29 is 34.1 Å². The minimum Gasteiger partial charge on any atom is -0.661 e. The summed E-state index contributed by atoms with van der Waals surface area (Å²) >= 11 is 0. The van der Waals surface area contributed by atoms with Crippen molar-refractivity contribution in [2.45, 2.75) is 38.8 Å². The van der Waals surface area contributed by atoms with E-state index in [-0.39, 0.29) is 34.1 Å². The summed E-state index contributed by atoms with van der Waals surface area (Å²) in [4.78, 5) is 5.11. The van der Waals surface area contributed by atoms with E-state index in [2.05, 4.69) is 55.3 Å². The van der Waals surface area contributed by atoms with Gasteiger partial charge in [-0.2, -0.15) is 0 Å². The second kappa shape index (κ2) is 24.7.